The summed E-state index contributed by atoms with van der Waals surface area (Å²) in [7, 11) is 0. The molecule has 0 saturated carbocycles. The highest BCUT2D eigenvalue weighted by Gasteiger charge is 2.11. The lowest BCUT2D eigenvalue weighted by molar-refractivity contribution is 0.301. The SMILES string of the molecule is Cc1ccccc1C(CN)CCCOc1ccc(F)cc1. The maximum Gasteiger partial charge on any atom is 0.123 e. The number of nitrogens with two attached hydrogens (primary N) is 1. The predicted octanol–water partition coefficient (Wildman–Crippen LogP) is 4.04. The van der Waals surface area contributed by atoms with E-state index in [2.05, 4.69) is 25.1 Å². The van der Waals surface area contributed by atoms with E-state index in [9.17, 15) is 4.39 Å². The predicted molar refractivity (Wildman–Crippen MR) is 84.1 cm³/mol. The summed E-state index contributed by atoms with van der Waals surface area (Å²) in [5, 5.41) is 0. The Hall–Kier alpha value is -1.87. The number of rotatable bonds is 7. The molecule has 0 fully saturated rings. The zero-order chi connectivity index (χ0) is 15.1. The molecule has 0 bridgehead atoms. The summed E-state index contributed by atoms with van der Waals surface area (Å²) in [5.41, 5.74) is 8.51. The average Bonchev–Trinajstić information content (AvgIpc) is 2.50. The smallest absolute Gasteiger partial charge is 0.123 e. The van der Waals surface area contributed by atoms with Crippen molar-refractivity contribution in [2.75, 3.05) is 13.2 Å². The lowest BCUT2D eigenvalue weighted by Crippen LogP contribution is -2.14. The van der Waals surface area contributed by atoms with E-state index in [-0.39, 0.29) is 5.82 Å². The Morgan fingerprint density at radius 2 is 1.81 bits per heavy atom. The van der Waals surface area contributed by atoms with E-state index in [0.717, 1.165) is 12.8 Å². The van der Waals surface area contributed by atoms with Crippen molar-refractivity contribution >= 4 is 0 Å². The Morgan fingerprint density at radius 3 is 2.48 bits per heavy atom. The van der Waals surface area contributed by atoms with Crippen LogP contribution < -0.4 is 10.5 Å². The third kappa shape index (κ3) is 4.57. The van der Waals surface area contributed by atoms with E-state index in [1.807, 2.05) is 6.07 Å². The van der Waals surface area contributed by atoms with Crippen LogP contribution in [0.2, 0.25) is 0 Å². The minimum absolute atomic E-state index is 0.245. The molecule has 0 aliphatic carbocycles. The summed E-state index contributed by atoms with van der Waals surface area (Å²) in [6, 6.07) is 14.5. The van der Waals surface area contributed by atoms with Crippen LogP contribution in [0.4, 0.5) is 4.39 Å². The van der Waals surface area contributed by atoms with Crippen molar-refractivity contribution in [1.29, 1.82) is 0 Å². The molecular formula is C18H22FNO. The Labute approximate surface area is 125 Å². The fourth-order valence-electron chi connectivity index (χ4n) is 2.50. The van der Waals surface area contributed by atoms with E-state index in [4.69, 9.17) is 10.5 Å². The minimum atomic E-state index is -0.245. The number of ether oxygens (including phenoxy) is 1. The molecule has 0 aliphatic rings. The molecule has 0 heterocycles. The van der Waals surface area contributed by atoms with Gasteiger partial charge in [-0.2, -0.15) is 0 Å². The lowest BCUT2D eigenvalue weighted by atomic mass is 9.91. The second-order valence-electron chi connectivity index (χ2n) is 5.23. The second kappa shape index (κ2) is 7.79. The maximum atomic E-state index is 12.8. The quantitative estimate of drug-likeness (QED) is 0.780. The van der Waals surface area contributed by atoms with Gasteiger partial charge in [-0.3, -0.25) is 0 Å². The van der Waals surface area contributed by atoms with Gasteiger partial charge < -0.3 is 10.5 Å². The van der Waals surface area contributed by atoms with E-state index in [0.29, 0.717) is 24.8 Å². The van der Waals surface area contributed by atoms with Gasteiger partial charge in [0.25, 0.3) is 0 Å². The van der Waals surface area contributed by atoms with Crippen LogP contribution in [0.25, 0.3) is 0 Å². The summed E-state index contributed by atoms with van der Waals surface area (Å²) >= 11 is 0. The number of benzene rings is 2. The molecule has 3 heteroatoms. The van der Waals surface area contributed by atoms with Crippen molar-refractivity contribution in [1.82, 2.24) is 0 Å². The second-order valence-corrected chi connectivity index (χ2v) is 5.23. The first kappa shape index (κ1) is 15.5. The van der Waals surface area contributed by atoms with Crippen molar-refractivity contribution < 1.29 is 9.13 Å². The van der Waals surface area contributed by atoms with E-state index in [1.54, 1.807) is 12.1 Å². The fraction of sp³-hybridized carbons (Fsp3) is 0.333. The molecule has 1 unspecified atom stereocenters. The highest BCUT2D eigenvalue weighted by molar-refractivity contribution is 5.29. The lowest BCUT2D eigenvalue weighted by Gasteiger charge is -2.17. The van der Waals surface area contributed by atoms with Gasteiger partial charge in [-0.25, -0.2) is 4.39 Å². The number of hydrogen-bond acceptors (Lipinski definition) is 2. The van der Waals surface area contributed by atoms with Gasteiger partial charge in [0.05, 0.1) is 6.61 Å². The topological polar surface area (TPSA) is 35.2 Å². The molecule has 0 saturated heterocycles. The Morgan fingerprint density at radius 1 is 1.10 bits per heavy atom. The van der Waals surface area contributed by atoms with Crippen LogP contribution in [-0.4, -0.2) is 13.2 Å². The summed E-state index contributed by atoms with van der Waals surface area (Å²) in [4.78, 5) is 0. The zero-order valence-electron chi connectivity index (χ0n) is 12.4. The van der Waals surface area contributed by atoms with E-state index >= 15 is 0 Å². The molecule has 0 spiro atoms. The van der Waals surface area contributed by atoms with Crippen LogP contribution in [0.5, 0.6) is 5.75 Å². The largest absolute Gasteiger partial charge is 0.494 e. The summed E-state index contributed by atoms with van der Waals surface area (Å²) in [6.07, 6.45) is 1.91. The molecule has 2 nitrogen and oxygen atoms in total. The van der Waals surface area contributed by atoms with Crippen LogP contribution in [0.15, 0.2) is 48.5 Å². The summed E-state index contributed by atoms with van der Waals surface area (Å²) in [5.74, 6) is 0.824. The Kier molecular flexibility index (Phi) is 5.76. The van der Waals surface area contributed by atoms with Crippen LogP contribution in [0.1, 0.15) is 29.9 Å². The van der Waals surface area contributed by atoms with Gasteiger partial charge in [0, 0.05) is 0 Å². The first-order valence-corrected chi connectivity index (χ1v) is 7.34. The molecule has 0 aromatic heterocycles. The molecule has 2 aromatic carbocycles. The molecule has 112 valence electrons. The van der Waals surface area contributed by atoms with Gasteiger partial charge in [-0.1, -0.05) is 24.3 Å². The molecule has 2 rings (SSSR count). The van der Waals surface area contributed by atoms with Crippen molar-refractivity contribution in [2.24, 2.45) is 5.73 Å². The first-order valence-electron chi connectivity index (χ1n) is 7.34. The maximum absolute atomic E-state index is 12.8. The van der Waals surface area contributed by atoms with Crippen LogP contribution in [-0.2, 0) is 0 Å². The number of hydrogen-bond donors (Lipinski definition) is 1. The minimum Gasteiger partial charge on any atom is -0.494 e. The Balaban J connectivity index is 1.81. The highest BCUT2D eigenvalue weighted by Crippen LogP contribution is 2.23. The average molecular weight is 287 g/mol. The molecule has 1 atom stereocenters. The van der Waals surface area contributed by atoms with Gasteiger partial charge in [-0.15, -0.1) is 0 Å². The molecule has 0 amide bonds. The molecule has 2 N–H and O–H groups in total. The van der Waals surface area contributed by atoms with Crippen molar-refractivity contribution in [3.63, 3.8) is 0 Å². The Bertz CT molecular complexity index is 553. The number of aryl methyl sites for hydroxylation is 1. The van der Waals surface area contributed by atoms with Crippen molar-refractivity contribution in [3.05, 3.63) is 65.5 Å². The van der Waals surface area contributed by atoms with Crippen molar-refractivity contribution in [3.8, 4) is 5.75 Å². The zero-order valence-corrected chi connectivity index (χ0v) is 12.4. The van der Waals surface area contributed by atoms with Crippen molar-refractivity contribution in [2.45, 2.75) is 25.7 Å². The normalized spacial score (nSPS) is 12.1. The number of halogens is 1. The molecule has 2 aromatic rings. The van der Waals surface area contributed by atoms with Crippen LogP contribution in [0.3, 0.4) is 0 Å². The third-order valence-corrected chi connectivity index (χ3v) is 3.69. The third-order valence-electron chi connectivity index (χ3n) is 3.69. The molecule has 21 heavy (non-hydrogen) atoms. The molecule has 0 aliphatic heterocycles. The van der Waals surface area contributed by atoms with Crippen LogP contribution in [0, 0.1) is 12.7 Å². The van der Waals surface area contributed by atoms with E-state index in [1.165, 1.54) is 23.3 Å². The summed E-state index contributed by atoms with van der Waals surface area (Å²) < 4.78 is 18.4. The summed E-state index contributed by atoms with van der Waals surface area (Å²) in [6.45, 7) is 3.38. The standard InChI is InChI=1S/C18H22FNO/c1-14-5-2-3-7-18(14)15(13-20)6-4-12-21-17-10-8-16(19)9-11-17/h2-3,5,7-11,15H,4,6,12-13,20H2,1H3. The van der Waals surface area contributed by atoms with Crippen LogP contribution >= 0.6 is 0 Å². The molecule has 0 radical (unpaired) electrons. The van der Waals surface area contributed by atoms with Gasteiger partial charge in [0.2, 0.25) is 0 Å². The van der Waals surface area contributed by atoms with Gasteiger partial charge >= 0.3 is 0 Å². The highest BCUT2D eigenvalue weighted by atomic mass is 19.1. The first-order chi connectivity index (χ1) is 10.2. The fourth-order valence-corrected chi connectivity index (χ4v) is 2.50. The van der Waals surface area contributed by atoms with E-state index < -0.39 is 0 Å². The van der Waals surface area contributed by atoms with Gasteiger partial charge in [0.1, 0.15) is 11.6 Å². The van der Waals surface area contributed by atoms with Gasteiger partial charge in [0.15, 0.2) is 0 Å². The molecular weight excluding hydrogens is 265 g/mol. The van der Waals surface area contributed by atoms with Gasteiger partial charge in [-0.05, 0) is 67.6 Å². The monoisotopic (exact) mass is 287 g/mol.